The minimum Gasteiger partial charge on any atom is -0.366 e. The van der Waals surface area contributed by atoms with Crippen LogP contribution in [0.4, 0.5) is 11.4 Å². The molecule has 1 aliphatic heterocycles. The van der Waals surface area contributed by atoms with E-state index in [9.17, 15) is 4.79 Å². The summed E-state index contributed by atoms with van der Waals surface area (Å²) in [7, 11) is 0. The summed E-state index contributed by atoms with van der Waals surface area (Å²) in [5.41, 5.74) is 5.62. The lowest BCUT2D eigenvalue weighted by atomic mass is 9.97. The molecular weight excluding hydrogens is 378 g/mol. The van der Waals surface area contributed by atoms with E-state index in [2.05, 4.69) is 49.3 Å². The number of anilines is 2. The zero-order valence-electron chi connectivity index (χ0n) is 13.9. The first kappa shape index (κ1) is 16.1. The summed E-state index contributed by atoms with van der Waals surface area (Å²) in [6.07, 6.45) is 2.77. The Labute approximate surface area is 155 Å². The lowest BCUT2D eigenvalue weighted by Crippen LogP contribution is -2.31. The molecule has 1 amide bonds. The smallest absolute Gasteiger partial charge is 0.221 e. The molecule has 1 aromatic heterocycles. The summed E-state index contributed by atoms with van der Waals surface area (Å²) in [6, 6.07) is 14.4. The minimum atomic E-state index is -0.0270. The highest BCUT2D eigenvalue weighted by Gasteiger charge is 2.21. The van der Waals surface area contributed by atoms with Gasteiger partial charge in [0, 0.05) is 47.4 Å². The van der Waals surface area contributed by atoms with Gasteiger partial charge in [-0.2, -0.15) is 0 Å². The molecule has 25 heavy (non-hydrogen) atoms. The average molecular weight is 396 g/mol. The van der Waals surface area contributed by atoms with Crippen molar-refractivity contribution in [3.63, 3.8) is 0 Å². The van der Waals surface area contributed by atoms with Crippen LogP contribution in [0.5, 0.6) is 0 Å². The molecule has 0 saturated heterocycles. The van der Waals surface area contributed by atoms with E-state index in [4.69, 9.17) is 0 Å². The first-order valence-electron chi connectivity index (χ1n) is 8.30. The molecule has 4 rings (SSSR count). The second-order valence-corrected chi connectivity index (χ2v) is 7.12. The molecule has 5 heteroatoms. The number of halogens is 1. The highest BCUT2D eigenvalue weighted by molar-refractivity contribution is 9.10. The van der Waals surface area contributed by atoms with Gasteiger partial charge in [-0.25, -0.2) is 0 Å². The van der Waals surface area contributed by atoms with Gasteiger partial charge < -0.3 is 10.2 Å². The topological polar surface area (TPSA) is 45.2 Å². The van der Waals surface area contributed by atoms with Crippen LogP contribution in [0, 0.1) is 0 Å². The van der Waals surface area contributed by atoms with Crippen LogP contribution in [0.25, 0.3) is 10.9 Å². The van der Waals surface area contributed by atoms with Gasteiger partial charge in [-0.15, -0.1) is 0 Å². The molecule has 4 nitrogen and oxygen atoms in total. The molecule has 0 radical (unpaired) electrons. The second kappa shape index (κ2) is 6.48. The number of nitrogens with one attached hydrogen (secondary N) is 1. The van der Waals surface area contributed by atoms with E-state index in [1.54, 1.807) is 6.92 Å². The van der Waals surface area contributed by atoms with Crippen LogP contribution in [-0.4, -0.2) is 17.4 Å². The van der Waals surface area contributed by atoms with Crippen molar-refractivity contribution in [3.8, 4) is 0 Å². The number of rotatable bonds is 2. The fourth-order valence-corrected chi connectivity index (χ4v) is 3.99. The third-order valence-corrected chi connectivity index (χ3v) is 5.26. The Morgan fingerprint density at radius 2 is 2.04 bits per heavy atom. The van der Waals surface area contributed by atoms with E-state index >= 15 is 0 Å². The molecule has 0 saturated carbocycles. The number of carbonyl (C=O) groups is 1. The van der Waals surface area contributed by atoms with Crippen molar-refractivity contribution in [1.82, 2.24) is 4.98 Å². The van der Waals surface area contributed by atoms with Gasteiger partial charge in [0.25, 0.3) is 0 Å². The number of amides is 1. The summed E-state index contributed by atoms with van der Waals surface area (Å²) in [4.78, 5) is 18.3. The van der Waals surface area contributed by atoms with Crippen molar-refractivity contribution in [1.29, 1.82) is 0 Å². The van der Waals surface area contributed by atoms with E-state index < -0.39 is 0 Å². The van der Waals surface area contributed by atoms with Gasteiger partial charge in [0.1, 0.15) is 0 Å². The predicted octanol–water partition coefficient (Wildman–Crippen LogP) is 4.52. The summed E-state index contributed by atoms with van der Waals surface area (Å²) in [5, 5.41) is 4.10. The highest BCUT2D eigenvalue weighted by atomic mass is 79.9. The van der Waals surface area contributed by atoms with Gasteiger partial charge in [-0.3, -0.25) is 9.78 Å². The second-order valence-electron chi connectivity index (χ2n) is 6.26. The average Bonchev–Trinajstić information content (AvgIpc) is 2.61. The molecule has 2 aromatic carbocycles. The maximum absolute atomic E-state index is 11.4. The van der Waals surface area contributed by atoms with Crippen LogP contribution in [0.15, 0.2) is 53.1 Å². The minimum absolute atomic E-state index is 0.0270. The normalized spacial score (nSPS) is 13.6. The number of pyridine rings is 1. The molecule has 0 bridgehead atoms. The third kappa shape index (κ3) is 3.00. The SMILES string of the molecule is CC(=O)Nc1cccc2c1CCN(c1ccnc3c(Br)cccc13)C2. The Kier molecular flexibility index (Phi) is 4.17. The lowest BCUT2D eigenvalue weighted by Gasteiger charge is -2.32. The number of carbonyl (C=O) groups excluding carboxylic acids is 1. The molecular formula is C20H18BrN3O. The number of para-hydroxylation sites is 1. The van der Waals surface area contributed by atoms with E-state index in [-0.39, 0.29) is 5.91 Å². The Bertz CT molecular complexity index is 970. The van der Waals surface area contributed by atoms with Crippen LogP contribution in [0.2, 0.25) is 0 Å². The molecule has 2 heterocycles. The number of benzene rings is 2. The van der Waals surface area contributed by atoms with Crippen LogP contribution in [0.1, 0.15) is 18.1 Å². The first-order chi connectivity index (χ1) is 12.1. The van der Waals surface area contributed by atoms with E-state index in [1.165, 1.54) is 16.8 Å². The van der Waals surface area contributed by atoms with Crippen molar-refractivity contribution < 1.29 is 4.79 Å². The van der Waals surface area contributed by atoms with E-state index in [0.717, 1.165) is 40.6 Å². The fourth-order valence-electron chi connectivity index (χ4n) is 3.52. The molecule has 1 N–H and O–H groups in total. The molecule has 126 valence electrons. The van der Waals surface area contributed by atoms with Gasteiger partial charge in [0.15, 0.2) is 0 Å². The fraction of sp³-hybridized carbons (Fsp3) is 0.200. The number of nitrogens with zero attached hydrogens (tertiary/aromatic N) is 2. The quantitative estimate of drug-likeness (QED) is 0.693. The zero-order chi connectivity index (χ0) is 17.4. The summed E-state index contributed by atoms with van der Waals surface area (Å²) >= 11 is 3.59. The Morgan fingerprint density at radius 1 is 1.20 bits per heavy atom. The maximum Gasteiger partial charge on any atom is 0.221 e. The molecule has 1 aliphatic rings. The van der Waals surface area contributed by atoms with Crippen molar-refractivity contribution in [3.05, 3.63) is 64.3 Å². The maximum atomic E-state index is 11.4. The van der Waals surface area contributed by atoms with Crippen LogP contribution < -0.4 is 10.2 Å². The Balaban J connectivity index is 1.72. The summed E-state index contributed by atoms with van der Waals surface area (Å²) in [6.45, 7) is 3.29. The molecule has 0 spiro atoms. The van der Waals surface area contributed by atoms with Gasteiger partial charge in [0.05, 0.1) is 5.52 Å². The predicted molar refractivity (Wildman–Crippen MR) is 105 cm³/mol. The highest BCUT2D eigenvalue weighted by Crippen LogP contribution is 2.34. The van der Waals surface area contributed by atoms with Gasteiger partial charge in [-0.05, 0) is 51.7 Å². The molecule has 3 aromatic rings. The Hall–Kier alpha value is -2.40. The van der Waals surface area contributed by atoms with Crippen LogP contribution in [-0.2, 0) is 17.8 Å². The first-order valence-corrected chi connectivity index (χ1v) is 9.09. The number of hydrogen-bond donors (Lipinski definition) is 1. The monoisotopic (exact) mass is 395 g/mol. The number of aromatic nitrogens is 1. The zero-order valence-corrected chi connectivity index (χ0v) is 15.5. The van der Waals surface area contributed by atoms with Crippen molar-refractivity contribution >= 4 is 44.1 Å². The van der Waals surface area contributed by atoms with Crippen molar-refractivity contribution in [2.45, 2.75) is 19.9 Å². The van der Waals surface area contributed by atoms with Crippen LogP contribution >= 0.6 is 15.9 Å². The van der Waals surface area contributed by atoms with E-state index in [0.29, 0.717) is 0 Å². The van der Waals surface area contributed by atoms with Crippen molar-refractivity contribution in [2.24, 2.45) is 0 Å². The summed E-state index contributed by atoms with van der Waals surface area (Å²) in [5.74, 6) is -0.0270. The van der Waals surface area contributed by atoms with Gasteiger partial charge >= 0.3 is 0 Å². The van der Waals surface area contributed by atoms with Crippen LogP contribution in [0.3, 0.4) is 0 Å². The number of fused-ring (bicyclic) bond motifs is 2. The number of hydrogen-bond acceptors (Lipinski definition) is 3. The molecule has 0 fully saturated rings. The van der Waals surface area contributed by atoms with E-state index in [1.807, 2.05) is 30.5 Å². The van der Waals surface area contributed by atoms with Gasteiger partial charge in [-0.1, -0.05) is 24.3 Å². The lowest BCUT2D eigenvalue weighted by molar-refractivity contribution is -0.114. The summed E-state index contributed by atoms with van der Waals surface area (Å²) < 4.78 is 1.01. The molecule has 0 atom stereocenters. The molecule has 0 aliphatic carbocycles. The standard InChI is InChI=1S/C20H18BrN3O/c1-13(25)23-18-7-2-4-14-12-24(11-9-15(14)18)19-8-10-22-20-16(19)5-3-6-17(20)21/h2-8,10H,9,11-12H2,1H3,(H,23,25). The third-order valence-electron chi connectivity index (χ3n) is 4.62. The largest absolute Gasteiger partial charge is 0.366 e. The van der Waals surface area contributed by atoms with Gasteiger partial charge in [0.2, 0.25) is 5.91 Å². The molecule has 0 unspecified atom stereocenters. The van der Waals surface area contributed by atoms with Crippen molar-refractivity contribution in [2.75, 3.05) is 16.8 Å². The Morgan fingerprint density at radius 3 is 2.88 bits per heavy atom.